The van der Waals surface area contributed by atoms with Crippen LogP contribution in [0.4, 0.5) is 17.3 Å². The molecule has 1 aromatic carbocycles. The molecule has 0 spiro atoms. The van der Waals surface area contributed by atoms with Crippen molar-refractivity contribution in [1.82, 2.24) is 14.8 Å². The number of rotatable bonds is 8. The molecule has 0 aliphatic heterocycles. The fourth-order valence-electron chi connectivity index (χ4n) is 4.15. The normalized spacial score (nSPS) is 13.8. The third-order valence-corrected chi connectivity index (χ3v) is 5.86. The minimum Gasteiger partial charge on any atom is -0.497 e. The fourth-order valence-corrected chi connectivity index (χ4v) is 4.15. The second-order valence-corrected chi connectivity index (χ2v) is 8.26. The standard InChI is InChI=1S/C19H26N8O.C5H10/c1-28-14-4-2-3-12(7-14)10-27-11-13(9-24-27)15(5-6-20)16-8-17(21)25-19(26-23)18(16)22;1-2-4-5-3-1/h2-4,7-9,11,15H,5-6,10,20,22-23H2,1H3,(H3,21,25,26);1-5H2. The van der Waals surface area contributed by atoms with Crippen LogP contribution in [0.2, 0.25) is 0 Å². The molecule has 1 unspecified atom stereocenters. The Kier molecular flexibility index (Phi) is 8.91. The lowest BCUT2D eigenvalue weighted by molar-refractivity contribution is 0.414. The Labute approximate surface area is 195 Å². The summed E-state index contributed by atoms with van der Waals surface area (Å²) in [7, 11) is 1.65. The van der Waals surface area contributed by atoms with E-state index in [4.69, 9.17) is 27.8 Å². The average Bonchev–Trinajstić information content (AvgIpc) is 3.55. The molecule has 2 heterocycles. The van der Waals surface area contributed by atoms with Crippen LogP contribution in [-0.2, 0) is 6.54 Å². The highest BCUT2D eigenvalue weighted by molar-refractivity contribution is 5.70. The molecule has 0 bridgehead atoms. The topological polar surface area (TPSA) is 156 Å². The van der Waals surface area contributed by atoms with Crippen molar-refractivity contribution < 1.29 is 4.74 Å². The van der Waals surface area contributed by atoms with Gasteiger partial charge in [0.25, 0.3) is 0 Å². The summed E-state index contributed by atoms with van der Waals surface area (Å²) < 4.78 is 7.15. The van der Waals surface area contributed by atoms with Crippen molar-refractivity contribution in [2.24, 2.45) is 11.6 Å². The number of benzene rings is 1. The Bertz CT molecular complexity index is 1010. The molecule has 3 aromatic rings. The molecule has 178 valence electrons. The monoisotopic (exact) mass is 452 g/mol. The zero-order valence-corrected chi connectivity index (χ0v) is 19.3. The van der Waals surface area contributed by atoms with Crippen molar-refractivity contribution in [3.8, 4) is 5.75 Å². The third kappa shape index (κ3) is 6.59. The van der Waals surface area contributed by atoms with Crippen molar-refractivity contribution in [2.75, 3.05) is 30.5 Å². The second-order valence-electron chi connectivity index (χ2n) is 8.26. The lowest BCUT2D eigenvalue weighted by atomic mass is 9.89. The largest absolute Gasteiger partial charge is 0.497 e. The Hall–Kier alpha value is -3.30. The molecular formula is C24H36N8O. The molecule has 0 amide bonds. The molecule has 1 saturated carbocycles. The summed E-state index contributed by atoms with van der Waals surface area (Å²) in [5.41, 5.74) is 23.9. The zero-order valence-electron chi connectivity index (χ0n) is 19.3. The summed E-state index contributed by atoms with van der Waals surface area (Å²) in [5.74, 6) is 6.94. The summed E-state index contributed by atoms with van der Waals surface area (Å²) in [5, 5.41) is 4.50. The van der Waals surface area contributed by atoms with Gasteiger partial charge in [0.1, 0.15) is 11.6 Å². The zero-order chi connectivity index (χ0) is 23.6. The van der Waals surface area contributed by atoms with Crippen molar-refractivity contribution in [3.63, 3.8) is 0 Å². The molecule has 1 atom stereocenters. The predicted octanol–water partition coefficient (Wildman–Crippen LogP) is 3.22. The molecular weight excluding hydrogens is 416 g/mol. The number of methoxy groups -OCH3 is 1. The molecule has 4 rings (SSSR count). The molecule has 9 heteroatoms. The second kappa shape index (κ2) is 12.1. The molecule has 2 aromatic heterocycles. The molecule has 9 N–H and O–H groups in total. The highest BCUT2D eigenvalue weighted by Gasteiger charge is 2.21. The van der Waals surface area contributed by atoms with Gasteiger partial charge in [0.15, 0.2) is 5.82 Å². The van der Waals surface area contributed by atoms with Crippen LogP contribution in [0.5, 0.6) is 5.75 Å². The van der Waals surface area contributed by atoms with Crippen molar-refractivity contribution >= 4 is 17.3 Å². The first kappa shape index (κ1) is 24.3. The third-order valence-electron chi connectivity index (χ3n) is 5.86. The summed E-state index contributed by atoms with van der Waals surface area (Å²) in [4.78, 5) is 4.12. The lowest BCUT2D eigenvalue weighted by Gasteiger charge is -2.19. The minimum absolute atomic E-state index is 0.0681. The van der Waals surface area contributed by atoms with E-state index < -0.39 is 0 Å². The van der Waals surface area contributed by atoms with Gasteiger partial charge < -0.3 is 27.4 Å². The van der Waals surface area contributed by atoms with Crippen LogP contribution in [0.15, 0.2) is 42.7 Å². The van der Waals surface area contributed by atoms with Crippen LogP contribution in [-0.4, -0.2) is 28.4 Å². The number of aromatic nitrogens is 3. The summed E-state index contributed by atoms with van der Waals surface area (Å²) in [6.07, 6.45) is 12.0. The van der Waals surface area contributed by atoms with Crippen LogP contribution < -0.4 is 33.2 Å². The van der Waals surface area contributed by atoms with Gasteiger partial charge in [0.2, 0.25) is 0 Å². The molecule has 1 aliphatic rings. The number of nitrogen functional groups attached to an aromatic ring is 3. The van der Waals surface area contributed by atoms with E-state index in [-0.39, 0.29) is 5.92 Å². The maximum atomic E-state index is 6.25. The number of anilines is 3. The minimum atomic E-state index is -0.0681. The SMILES string of the molecule is C1CCCC1.COc1cccc(Cn2cc(C(CCN)c3cc(N)nc(NN)c3N)cn2)c1. The van der Waals surface area contributed by atoms with Crippen molar-refractivity contribution in [2.45, 2.75) is 51.0 Å². The van der Waals surface area contributed by atoms with E-state index in [1.54, 1.807) is 13.2 Å². The summed E-state index contributed by atoms with van der Waals surface area (Å²) in [6, 6.07) is 9.64. The number of nitrogens with zero attached hydrogens (tertiary/aromatic N) is 3. The van der Waals surface area contributed by atoms with Gasteiger partial charge in [-0.05, 0) is 47.9 Å². The average molecular weight is 453 g/mol. The lowest BCUT2D eigenvalue weighted by Crippen LogP contribution is -2.16. The number of hydrazine groups is 1. The Balaban J connectivity index is 0.000000541. The number of nitrogens with two attached hydrogens (primary N) is 4. The molecule has 0 saturated heterocycles. The van der Waals surface area contributed by atoms with E-state index in [0.717, 1.165) is 22.4 Å². The van der Waals surface area contributed by atoms with Crippen LogP contribution in [0, 0.1) is 0 Å². The maximum absolute atomic E-state index is 6.25. The number of pyridine rings is 1. The molecule has 33 heavy (non-hydrogen) atoms. The van der Waals surface area contributed by atoms with E-state index in [1.807, 2.05) is 41.3 Å². The Morgan fingerprint density at radius 1 is 1.12 bits per heavy atom. The highest BCUT2D eigenvalue weighted by Crippen LogP contribution is 2.35. The van der Waals surface area contributed by atoms with E-state index in [2.05, 4.69) is 15.5 Å². The van der Waals surface area contributed by atoms with Gasteiger partial charge in [0.05, 0.1) is 25.5 Å². The van der Waals surface area contributed by atoms with Gasteiger partial charge in [-0.1, -0.05) is 44.2 Å². The van der Waals surface area contributed by atoms with Gasteiger partial charge in [-0.3, -0.25) is 4.68 Å². The van der Waals surface area contributed by atoms with E-state index in [0.29, 0.717) is 36.8 Å². The first-order valence-electron chi connectivity index (χ1n) is 11.4. The van der Waals surface area contributed by atoms with Crippen LogP contribution in [0.25, 0.3) is 0 Å². The summed E-state index contributed by atoms with van der Waals surface area (Å²) >= 11 is 0. The highest BCUT2D eigenvalue weighted by atomic mass is 16.5. The van der Waals surface area contributed by atoms with Crippen molar-refractivity contribution in [1.29, 1.82) is 0 Å². The quantitative estimate of drug-likeness (QED) is 0.258. The summed E-state index contributed by atoms with van der Waals surface area (Å²) in [6.45, 7) is 1.11. The van der Waals surface area contributed by atoms with Gasteiger partial charge in [-0.2, -0.15) is 5.10 Å². The van der Waals surface area contributed by atoms with Gasteiger partial charge in [0, 0.05) is 12.1 Å². The van der Waals surface area contributed by atoms with Gasteiger partial charge in [-0.25, -0.2) is 10.8 Å². The molecule has 0 radical (unpaired) electrons. The maximum Gasteiger partial charge on any atom is 0.165 e. The smallest absolute Gasteiger partial charge is 0.165 e. The first-order chi connectivity index (χ1) is 16.0. The number of ether oxygens (including phenoxy) is 1. The first-order valence-corrected chi connectivity index (χ1v) is 11.4. The fraction of sp³-hybridized carbons (Fsp3) is 0.417. The number of hydrogen-bond acceptors (Lipinski definition) is 8. The predicted molar refractivity (Wildman–Crippen MR) is 134 cm³/mol. The van der Waals surface area contributed by atoms with Crippen LogP contribution >= 0.6 is 0 Å². The Morgan fingerprint density at radius 2 is 1.85 bits per heavy atom. The van der Waals surface area contributed by atoms with Crippen LogP contribution in [0.1, 0.15) is 61.1 Å². The van der Waals surface area contributed by atoms with Crippen molar-refractivity contribution in [3.05, 3.63) is 59.4 Å². The molecule has 1 fully saturated rings. The van der Waals surface area contributed by atoms with Crippen LogP contribution in [0.3, 0.4) is 0 Å². The van der Waals surface area contributed by atoms with E-state index in [1.165, 1.54) is 32.1 Å². The molecule has 9 nitrogen and oxygen atoms in total. The number of nitrogens with one attached hydrogen (secondary N) is 1. The van der Waals surface area contributed by atoms with E-state index >= 15 is 0 Å². The van der Waals surface area contributed by atoms with Gasteiger partial charge >= 0.3 is 0 Å². The molecule has 1 aliphatic carbocycles. The van der Waals surface area contributed by atoms with E-state index in [9.17, 15) is 0 Å². The Morgan fingerprint density at radius 3 is 2.48 bits per heavy atom. The number of hydrogen-bond donors (Lipinski definition) is 5. The van der Waals surface area contributed by atoms with Gasteiger partial charge in [-0.15, -0.1) is 0 Å².